The van der Waals surface area contributed by atoms with Gasteiger partial charge in [-0.15, -0.1) is 0 Å². The molecule has 0 heterocycles. The van der Waals surface area contributed by atoms with Crippen LogP contribution in [0.1, 0.15) is 24.8 Å². The van der Waals surface area contributed by atoms with E-state index in [2.05, 4.69) is 0 Å². The molecule has 6 heteroatoms. The number of amides is 1. The molecule has 0 aliphatic rings. The van der Waals surface area contributed by atoms with Crippen molar-refractivity contribution >= 4 is 17.7 Å². The summed E-state index contributed by atoms with van der Waals surface area (Å²) < 4.78 is 5.03. The summed E-state index contributed by atoms with van der Waals surface area (Å²) in [6.45, 7) is 0. The molecule has 0 unspecified atom stereocenters. The number of carbonyl (C=O) groups excluding carboxylic acids is 2. The van der Waals surface area contributed by atoms with Crippen molar-refractivity contribution < 1.29 is 14.3 Å². The molecule has 0 atom stereocenters. The number of hydrogen-bond acceptors (Lipinski definition) is 4. The number of carbonyl (C=O) groups is 2. The summed E-state index contributed by atoms with van der Waals surface area (Å²) in [5.74, 6) is -0.529. The van der Waals surface area contributed by atoms with E-state index in [4.69, 9.17) is 21.6 Å². The Hall–Kier alpha value is -2.37. The fourth-order valence-corrected chi connectivity index (χ4v) is 1.29. The molecule has 1 rings (SSSR count). The Kier molecular flexibility index (Phi) is 4.86. The number of nitrogens with one attached hydrogen (secondary N) is 1. The van der Waals surface area contributed by atoms with Gasteiger partial charge in [0.2, 0.25) is 5.91 Å². The van der Waals surface area contributed by atoms with E-state index in [1.165, 1.54) is 0 Å². The first kappa shape index (κ1) is 13.7. The summed E-state index contributed by atoms with van der Waals surface area (Å²) in [6, 6.07) is 6.30. The third kappa shape index (κ3) is 4.65. The summed E-state index contributed by atoms with van der Waals surface area (Å²) in [5, 5.41) is 7.20. The summed E-state index contributed by atoms with van der Waals surface area (Å²) >= 11 is 0. The molecule has 6 nitrogen and oxygen atoms in total. The predicted octanol–water partition coefficient (Wildman–Crippen LogP) is 0.532. The van der Waals surface area contributed by atoms with E-state index in [0.29, 0.717) is 17.7 Å². The zero-order valence-corrected chi connectivity index (χ0v) is 9.81. The van der Waals surface area contributed by atoms with Crippen LogP contribution in [0, 0.1) is 5.41 Å². The van der Waals surface area contributed by atoms with Crippen LogP contribution >= 0.6 is 0 Å². The van der Waals surface area contributed by atoms with Gasteiger partial charge in [-0.3, -0.25) is 15.0 Å². The molecule has 0 aliphatic carbocycles. The quantitative estimate of drug-likeness (QED) is 0.295. The first-order valence-electron chi connectivity index (χ1n) is 5.42. The summed E-state index contributed by atoms with van der Waals surface area (Å²) in [4.78, 5) is 21.9. The molecular weight excluding hydrogens is 234 g/mol. The maximum Gasteiger partial charge on any atom is 0.311 e. The molecule has 0 fully saturated rings. The van der Waals surface area contributed by atoms with Gasteiger partial charge in [0.1, 0.15) is 11.6 Å². The zero-order valence-electron chi connectivity index (χ0n) is 9.81. The van der Waals surface area contributed by atoms with Crippen LogP contribution in [0.15, 0.2) is 24.3 Å². The van der Waals surface area contributed by atoms with E-state index < -0.39 is 11.9 Å². The smallest absolute Gasteiger partial charge is 0.311 e. The summed E-state index contributed by atoms with van der Waals surface area (Å²) in [6.07, 6.45) is 0.676. The van der Waals surface area contributed by atoms with E-state index in [9.17, 15) is 9.59 Å². The summed E-state index contributed by atoms with van der Waals surface area (Å²) in [5.41, 5.74) is 10.8. The lowest BCUT2D eigenvalue weighted by atomic mass is 10.2. The first-order chi connectivity index (χ1) is 8.49. The normalized spacial score (nSPS) is 9.78. The first-order valence-corrected chi connectivity index (χ1v) is 5.42. The monoisotopic (exact) mass is 249 g/mol. The van der Waals surface area contributed by atoms with Gasteiger partial charge >= 0.3 is 5.97 Å². The number of ether oxygens (including phenoxy) is 1. The van der Waals surface area contributed by atoms with Crippen LogP contribution in [0.2, 0.25) is 0 Å². The molecule has 0 aliphatic heterocycles. The average Bonchev–Trinajstić information content (AvgIpc) is 2.29. The highest BCUT2D eigenvalue weighted by molar-refractivity contribution is 5.95. The van der Waals surface area contributed by atoms with Crippen LogP contribution in [-0.4, -0.2) is 17.7 Å². The number of nitrogens with two attached hydrogens (primary N) is 2. The molecule has 0 saturated heterocycles. The molecule has 0 saturated carbocycles. The van der Waals surface area contributed by atoms with Gasteiger partial charge in [-0.1, -0.05) is 0 Å². The Labute approximate surface area is 104 Å². The Bertz CT molecular complexity index is 454. The second-order valence-electron chi connectivity index (χ2n) is 3.73. The van der Waals surface area contributed by atoms with Crippen LogP contribution < -0.4 is 16.2 Å². The maximum absolute atomic E-state index is 11.4. The van der Waals surface area contributed by atoms with Crippen molar-refractivity contribution in [2.24, 2.45) is 11.5 Å². The number of esters is 1. The lowest BCUT2D eigenvalue weighted by Crippen LogP contribution is -2.13. The highest BCUT2D eigenvalue weighted by Gasteiger charge is 2.06. The van der Waals surface area contributed by atoms with E-state index in [-0.39, 0.29) is 18.7 Å². The predicted molar refractivity (Wildman–Crippen MR) is 66.1 cm³/mol. The Morgan fingerprint density at radius 3 is 2.22 bits per heavy atom. The Morgan fingerprint density at radius 1 is 1.11 bits per heavy atom. The van der Waals surface area contributed by atoms with E-state index in [1.54, 1.807) is 24.3 Å². The van der Waals surface area contributed by atoms with Crippen molar-refractivity contribution in [2.75, 3.05) is 0 Å². The number of amidine groups is 1. The highest BCUT2D eigenvalue weighted by atomic mass is 16.5. The minimum atomic E-state index is -0.436. The molecule has 1 aromatic carbocycles. The van der Waals surface area contributed by atoms with Gasteiger partial charge in [-0.05, 0) is 30.7 Å². The number of nitrogen functional groups attached to an aromatic ring is 1. The lowest BCUT2D eigenvalue weighted by Gasteiger charge is -2.04. The molecule has 96 valence electrons. The van der Waals surface area contributed by atoms with Gasteiger partial charge in [0, 0.05) is 18.4 Å². The maximum atomic E-state index is 11.4. The SMILES string of the molecule is N=C(N)c1ccc(OC(=O)CCCC(N)=O)cc1. The van der Waals surface area contributed by atoms with Crippen LogP contribution in [0.5, 0.6) is 5.75 Å². The number of benzene rings is 1. The molecule has 18 heavy (non-hydrogen) atoms. The number of rotatable bonds is 6. The summed E-state index contributed by atoms with van der Waals surface area (Å²) in [7, 11) is 0. The number of primary amides is 1. The van der Waals surface area contributed by atoms with Crippen LogP contribution in [0.4, 0.5) is 0 Å². The van der Waals surface area contributed by atoms with Gasteiger partial charge < -0.3 is 16.2 Å². The van der Waals surface area contributed by atoms with Gasteiger partial charge in [0.25, 0.3) is 0 Å². The van der Waals surface area contributed by atoms with Crippen LogP contribution in [0.25, 0.3) is 0 Å². The molecule has 0 spiro atoms. The minimum absolute atomic E-state index is 0.0469. The minimum Gasteiger partial charge on any atom is -0.427 e. The molecule has 0 aromatic heterocycles. The van der Waals surface area contributed by atoms with Crippen molar-refractivity contribution in [1.82, 2.24) is 0 Å². The largest absolute Gasteiger partial charge is 0.427 e. The van der Waals surface area contributed by atoms with Crippen molar-refractivity contribution in [3.8, 4) is 5.75 Å². The fraction of sp³-hybridized carbons (Fsp3) is 0.250. The molecule has 0 bridgehead atoms. The van der Waals surface area contributed by atoms with Gasteiger partial charge in [0.15, 0.2) is 0 Å². The molecule has 1 amide bonds. The van der Waals surface area contributed by atoms with E-state index >= 15 is 0 Å². The van der Waals surface area contributed by atoms with E-state index in [1.807, 2.05) is 0 Å². The van der Waals surface area contributed by atoms with Gasteiger partial charge in [-0.25, -0.2) is 0 Å². The molecule has 5 N–H and O–H groups in total. The van der Waals surface area contributed by atoms with Gasteiger partial charge in [-0.2, -0.15) is 0 Å². The third-order valence-corrected chi connectivity index (χ3v) is 2.20. The zero-order chi connectivity index (χ0) is 13.5. The Balaban J connectivity index is 2.44. The van der Waals surface area contributed by atoms with Crippen molar-refractivity contribution in [3.63, 3.8) is 0 Å². The molecule has 1 aromatic rings. The highest BCUT2D eigenvalue weighted by Crippen LogP contribution is 2.13. The van der Waals surface area contributed by atoms with Crippen molar-refractivity contribution in [1.29, 1.82) is 5.41 Å². The fourth-order valence-electron chi connectivity index (χ4n) is 1.29. The van der Waals surface area contributed by atoms with Gasteiger partial charge in [0.05, 0.1) is 0 Å². The third-order valence-electron chi connectivity index (χ3n) is 2.20. The van der Waals surface area contributed by atoms with Crippen LogP contribution in [0.3, 0.4) is 0 Å². The number of hydrogen-bond donors (Lipinski definition) is 3. The van der Waals surface area contributed by atoms with Crippen LogP contribution in [-0.2, 0) is 9.59 Å². The standard InChI is InChI=1S/C12H15N3O3/c13-10(16)2-1-3-11(17)18-9-6-4-8(5-7-9)12(14)15/h4-7H,1-3H2,(H2,13,16)(H3,14,15). The Morgan fingerprint density at radius 2 is 1.72 bits per heavy atom. The van der Waals surface area contributed by atoms with E-state index in [0.717, 1.165) is 0 Å². The second kappa shape index (κ2) is 6.39. The average molecular weight is 249 g/mol. The van der Waals surface area contributed by atoms with Crippen molar-refractivity contribution in [3.05, 3.63) is 29.8 Å². The van der Waals surface area contributed by atoms with Crippen molar-refractivity contribution in [2.45, 2.75) is 19.3 Å². The lowest BCUT2D eigenvalue weighted by molar-refractivity contribution is -0.134. The molecular formula is C12H15N3O3. The second-order valence-corrected chi connectivity index (χ2v) is 3.73. The topological polar surface area (TPSA) is 119 Å². The molecule has 0 radical (unpaired) electrons.